The van der Waals surface area contributed by atoms with Crippen molar-refractivity contribution in [1.82, 2.24) is 0 Å². The van der Waals surface area contributed by atoms with E-state index in [0.717, 1.165) is 6.92 Å². The molecule has 2 aromatic carbocycles. The van der Waals surface area contributed by atoms with Crippen molar-refractivity contribution < 1.29 is 53.1 Å². The van der Waals surface area contributed by atoms with Gasteiger partial charge in [-0.1, -0.05) is 63.2 Å². The molecule has 5 rings (SSSR count). The fourth-order valence-electron chi connectivity index (χ4n) is 9.00. The van der Waals surface area contributed by atoms with Crippen molar-refractivity contribution >= 4 is 29.7 Å². The van der Waals surface area contributed by atoms with Crippen LogP contribution in [0.5, 0.6) is 0 Å². The number of allylic oxidation sites excluding steroid dienone is 1. The summed E-state index contributed by atoms with van der Waals surface area (Å²) in [6.45, 7) is 12.9. The molecule has 11 nitrogen and oxygen atoms in total. The van der Waals surface area contributed by atoms with Gasteiger partial charge in [0.2, 0.25) is 0 Å². The van der Waals surface area contributed by atoms with Gasteiger partial charge < -0.3 is 29.2 Å². The third-order valence-corrected chi connectivity index (χ3v) is 11.1. The van der Waals surface area contributed by atoms with E-state index >= 15 is 0 Å². The van der Waals surface area contributed by atoms with Gasteiger partial charge in [-0.25, -0.2) is 9.59 Å². The first-order valence-corrected chi connectivity index (χ1v) is 16.4. The smallest absolute Gasteiger partial charge is 0.338 e. The molecule has 11 heteroatoms. The third kappa shape index (κ3) is 5.86. The summed E-state index contributed by atoms with van der Waals surface area (Å²) in [7, 11) is 0. The number of Topliss-reactive ketones (excluding diaryl/α,β-unsaturated/α-hetero) is 1. The highest BCUT2D eigenvalue weighted by atomic mass is 16.6. The molecule has 0 saturated heterocycles. The minimum atomic E-state index is -2.51. The summed E-state index contributed by atoms with van der Waals surface area (Å²) >= 11 is 0. The SMILES string of the molecule is C=C[C@@]1(C)CC(OC(=O)c2ccccc2)C2[C@]3(C)C(C[C@@H](OC(C)=O)[C@@]2(O)C1=O)C(C)(C)[C@H](OC(C)=O)[C@H](O)[C@@H]3OC(=O)c1ccccc1. The van der Waals surface area contributed by atoms with E-state index in [4.69, 9.17) is 18.9 Å². The average molecular weight is 677 g/mol. The Morgan fingerprint density at radius 1 is 0.796 bits per heavy atom. The predicted octanol–water partition coefficient (Wildman–Crippen LogP) is 4.24. The van der Waals surface area contributed by atoms with Crippen molar-refractivity contribution in [2.75, 3.05) is 0 Å². The Hall–Kier alpha value is -4.35. The number of aliphatic hydroxyl groups is 2. The summed E-state index contributed by atoms with van der Waals surface area (Å²) in [6.07, 6.45) is -6.03. The number of aliphatic hydroxyl groups excluding tert-OH is 1. The van der Waals surface area contributed by atoms with Gasteiger partial charge in [0.05, 0.1) is 16.5 Å². The number of carbonyl (C=O) groups excluding carboxylic acids is 5. The number of ketones is 1. The topological polar surface area (TPSA) is 163 Å². The average Bonchev–Trinajstić information content (AvgIpc) is 3.05. The maximum Gasteiger partial charge on any atom is 0.338 e. The van der Waals surface area contributed by atoms with Crippen molar-refractivity contribution in [3.63, 3.8) is 0 Å². The van der Waals surface area contributed by atoms with E-state index in [-0.39, 0.29) is 24.0 Å². The summed E-state index contributed by atoms with van der Waals surface area (Å²) in [5, 5.41) is 25.1. The molecular formula is C38H44O11. The van der Waals surface area contributed by atoms with Crippen LogP contribution in [0, 0.1) is 28.1 Å². The van der Waals surface area contributed by atoms with Crippen molar-refractivity contribution in [1.29, 1.82) is 0 Å². The summed E-state index contributed by atoms with van der Waals surface area (Å²) < 4.78 is 23.8. The number of fused-ring (bicyclic) bond motifs is 3. The molecule has 10 atom stereocenters. The summed E-state index contributed by atoms with van der Waals surface area (Å²) in [5.74, 6) is -5.91. The van der Waals surface area contributed by atoms with Crippen LogP contribution in [0.3, 0.4) is 0 Å². The zero-order valence-corrected chi connectivity index (χ0v) is 28.6. The molecule has 0 aliphatic heterocycles. The van der Waals surface area contributed by atoms with Gasteiger partial charge in [-0.05, 0) is 43.5 Å². The Balaban J connectivity index is 1.77. The molecule has 3 aliphatic carbocycles. The first-order chi connectivity index (χ1) is 22.9. The lowest BCUT2D eigenvalue weighted by molar-refractivity contribution is -0.313. The molecule has 262 valence electrons. The lowest BCUT2D eigenvalue weighted by atomic mass is 9.38. The fraction of sp³-hybridized carbons (Fsp3) is 0.500. The molecule has 3 unspecified atom stereocenters. The first-order valence-electron chi connectivity index (χ1n) is 16.4. The van der Waals surface area contributed by atoms with Crippen LogP contribution in [0.4, 0.5) is 0 Å². The van der Waals surface area contributed by atoms with Gasteiger partial charge in [0.25, 0.3) is 0 Å². The van der Waals surface area contributed by atoms with E-state index in [0.29, 0.717) is 0 Å². The largest absolute Gasteiger partial charge is 0.459 e. The zero-order chi connectivity index (χ0) is 36.1. The van der Waals surface area contributed by atoms with E-state index in [9.17, 15) is 34.2 Å². The van der Waals surface area contributed by atoms with E-state index in [1.54, 1.807) is 76.2 Å². The number of carbonyl (C=O) groups is 5. The van der Waals surface area contributed by atoms with E-state index in [1.807, 2.05) is 0 Å². The van der Waals surface area contributed by atoms with Crippen LogP contribution < -0.4 is 0 Å². The van der Waals surface area contributed by atoms with Gasteiger partial charge in [0.1, 0.15) is 30.5 Å². The van der Waals surface area contributed by atoms with Crippen molar-refractivity contribution in [2.24, 2.45) is 28.1 Å². The summed E-state index contributed by atoms with van der Waals surface area (Å²) in [4.78, 5) is 67.1. The Morgan fingerprint density at radius 3 is 1.80 bits per heavy atom. The van der Waals surface area contributed by atoms with E-state index in [2.05, 4.69) is 6.58 Å². The minimum absolute atomic E-state index is 0.126. The van der Waals surface area contributed by atoms with E-state index < -0.39 is 93.9 Å². The molecule has 0 amide bonds. The van der Waals surface area contributed by atoms with Crippen LogP contribution in [-0.4, -0.2) is 76.0 Å². The molecule has 0 spiro atoms. The second-order valence-electron chi connectivity index (χ2n) is 14.6. The van der Waals surface area contributed by atoms with Crippen LogP contribution in [0.15, 0.2) is 73.3 Å². The summed E-state index contributed by atoms with van der Waals surface area (Å²) in [6, 6.07) is 16.2. The molecule has 3 saturated carbocycles. The standard InChI is InChI=1S/C38H44O11/c1-8-36(6)20-25(48-32(42)23-15-11-9-12-16-23)29-37(7)26(19-27(46-21(2)39)38(29,45)34(36)44)35(4,5)30(47-22(3)40)28(41)31(37)49-33(43)24-17-13-10-14-18-24/h8-18,25-31,41,45H,1,19-20H2,2-7H3/t25?,26?,27-,28+,29?,30-,31+,36+,37+,38+/m1/s1. The predicted molar refractivity (Wildman–Crippen MR) is 175 cm³/mol. The van der Waals surface area contributed by atoms with E-state index in [1.165, 1.54) is 25.1 Å². The van der Waals surface area contributed by atoms with Crippen LogP contribution in [0.1, 0.15) is 75.1 Å². The zero-order valence-electron chi connectivity index (χ0n) is 28.6. The Morgan fingerprint density at radius 2 is 1.31 bits per heavy atom. The molecule has 3 fully saturated rings. The minimum Gasteiger partial charge on any atom is -0.459 e. The molecule has 3 aliphatic rings. The van der Waals surface area contributed by atoms with Crippen LogP contribution >= 0.6 is 0 Å². The summed E-state index contributed by atoms with van der Waals surface area (Å²) in [5.41, 5.74) is -6.28. The lowest BCUT2D eigenvalue weighted by Gasteiger charge is -2.69. The molecule has 0 bridgehead atoms. The normalized spacial score (nSPS) is 36.2. The highest BCUT2D eigenvalue weighted by Gasteiger charge is 2.78. The monoisotopic (exact) mass is 676 g/mol. The maximum atomic E-state index is 14.7. The molecule has 0 radical (unpaired) electrons. The lowest BCUT2D eigenvalue weighted by Crippen LogP contribution is -2.80. The molecular weight excluding hydrogens is 632 g/mol. The van der Waals surface area contributed by atoms with Gasteiger partial charge in [0.15, 0.2) is 11.4 Å². The number of hydrogen-bond acceptors (Lipinski definition) is 11. The Bertz CT molecular complexity index is 1640. The van der Waals surface area contributed by atoms with Crippen molar-refractivity contribution in [3.8, 4) is 0 Å². The molecule has 2 aromatic rings. The third-order valence-electron chi connectivity index (χ3n) is 11.1. The second kappa shape index (κ2) is 12.8. The maximum absolute atomic E-state index is 14.7. The number of rotatable bonds is 7. The quantitative estimate of drug-likeness (QED) is 0.245. The number of ether oxygens (including phenoxy) is 4. The highest BCUT2D eigenvalue weighted by Crippen LogP contribution is 2.67. The number of hydrogen-bond donors (Lipinski definition) is 2. The second-order valence-corrected chi connectivity index (χ2v) is 14.6. The highest BCUT2D eigenvalue weighted by molar-refractivity contribution is 5.97. The van der Waals surface area contributed by atoms with Gasteiger partial charge in [-0.2, -0.15) is 0 Å². The molecule has 49 heavy (non-hydrogen) atoms. The van der Waals surface area contributed by atoms with Crippen LogP contribution in [-0.2, 0) is 33.3 Å². The number of benzene rings is 2. The van der Waals surface area contributed by atoms with Crippen LogP contribution in [0.25, 0.3) is 0 Å². The molecule has 0 aromatic heterocycles. The van der Waals surface area contributed by atoms with Crippen LogP contribution in [0.2, 0.25) is 0 Å². The molecule has 0 heterocycles. The van der Waals surface area contributed by atoms with Gasteiger partial charge >= 0.3 is 23.9 Å². The number of esters is 4. The fourth-order valence-corrected chi connectivity index (χ4v) is 9.00. The van der Waals surface area contributed by atoms with Gasteiger partial charge in [-0.15, -0.1) is 6.58 Å². The molecule has 2 N–H and O–H groups in total. The van der Waals surface area contributed by atoms with Gasteiger partial charge in [0, 0.05) is 37.0 Å². The van der Waals surface area contributed by atoms with Gasteiger partial charge in [-0.3, -0.25) is 14.4 Å². The van der Waals surface area contributed by atoms with Crippen molar-refractivity contribution in [2.45, 2.75) is 90.5 Å². The first kappa shape index (κ1) is 35.9. The Kier molecular flexibility index (Phi) is 9.42. The van der Waals surface area contributed by atoms with Crippen molar-refractivity contribution in [3.05, 3.63) is 84.4 Å². The Labute approximate surface area is 285 Å².